The molecule has 0 unspecified atom stereocenters. The van der Waals surface area contributed by atoms with Gasteiger partial charge >= 0.3 is 0 Å². The third-order valence-corrected chi connectivity index (χ3v) is 10.6. The number of rotatable bonds is 6. The molecule has 2 aliphatic rings. The standard InChI is InChI=1S/C28H32N4O2S2/c33-36(34,28-21-29-20-22-6-1-2-8-24(22)28)32-13-4-3-7-23(32)11-14-30-15-17-31(18-16-30)26-9-5-10-27-25(26)12-19-35-27/h1-2,5-6,8-10,12,19-21,23H,3-4,7,11,13-18H2/t23-/m0/s1. The lowest BCUT2D eigenvalue weighted by molar-refractivity contribution is 0.193. The van der Waals surface area contributed by atoms with E-state index >= 15 is 0 Å². The highest BCUT2D eigenvalue weighted by molar-refractivity contribution is 7.89. The van der Waals surface area contributed by atoms with Crippen molar-refractivity contribution < 1.29 is 8.42 Å². The van der Waals surface area contributed by atoms with E-state index in [1.54, 1.807) is 21.8 Å². The lowest BCUT2D eigenvalue weighted by Gasteiger charge is -2.39. The Morgan fingerprint density at radius 1 is 0.889 bits per heavy atom. The van der Waals surface area contributed by atoms with E-state index in [0.29, 0.717) is 11.4 Å². The number of piperazine rings is 1. The fourth-order valence-corrected chi connectivity index (χ4v) is 8.49. The highest BCUT2D eigenvalue weighted by Gasteiger charge is 2.35. The van der Waals surface area contributed by atoms with Crippen LogP contribution in [0.3, 0.4) is 0 Å². The van der Waals surface area contributed by atoms with E-state index < -0.39 is 10.0 Å². The van der Waals surface area contributed by atoms with Crippen molar-refractivity contribution in [2.75, 3.05) is 44.2 Å². The van der Waals surface area contributed by atoms with Crippen LogP contribution in [0.1, 0.15) is 25.7 Å². The summed E-state index contributed by atoms with van der Waals surface area (Å²) in [6.45, 7) is 5.54. The highest BCUT2D eigenvalue weighted by Crippen LogP contribution is 2.32. The molecule has 0 radical (unpaired) electrons. The van der Waals surface area contributed by atoms with Gasteiger partial charge in [-0.05, 0) is 49.4 Å². The van der Waals surface area contributed by atoms with Crippen molar-refractivity contribution in [1.29, 1.82) is 0 Å². The fraction of sp³-hybridized carbons (Fsp3) is 0.393. The third kappa shape index (κ3) is 4.52. The summed E-state index contributed by atoms with van der Waals surface area (Å²) in [5.41, 5.74) is 1.33. The lowest BCUT2D eigenvalue weighted by Crippen LogP contribution is -2.49. The molecule has 6 nitrogen and oxygen atoms in total. The van der Waals surface area contributed by atoms with Crippen molar-refractivity contribution in [2.45, 2.75) is 36.6 Å². The summed E-state index contributed by atoms with van der Waals surface area (Å²) in [7, 11) is -3.61. The number of aromatic nitrogens is 1. The van der Waals surface area contributed by atoms with E-state index in [-0.39, 0.29) is 6.04 Å². The predicted molar refractivity (Wildman–Crippen MR) is 148 cm³/mol. The van der Waals surface area contributed by atoms with Gasteiger partial charge in [0.05, 0.1) is 0 Å². The second-order valence-electron chi connectivity index (χ2n) is 9.85. The van der Waals surface area contributed by atoms with E-state index in [0.717, 1.165) is 69.2 Å². The monoisotopic (exact) mass is 520 g/mol. The van der Waals surface area contributed by atoms with Crippen LogP contribution in [0.15, 0.2) is 71.2 Å². The number of piperidine rings is 1. The Bertz CT molecular complexity index is 1460. The van der Waals surface area contributed by atoms with Gasteiger partial charge in [-0.25, -0.2) is 8.42 Å². The minimum absolute atomic E-state index is 0.0419. The van der Waals surface area contributed by atoms with Crippen molar-refractivity contribution >= 4 is 47.9 Å². The Labute approximate surface area is 217 Å². The van der Waals surface area contributed by atoms with Crippen LogP contribution in [0.4, 0.5) is 5.69 Å². The summed E-state index contributed by atoms with van der Waals surface area (Å²) in [5.74, 6) is 0. The minimum atomic E-state index is -3.61. The Balaban J connectivity index is 1.13. The number of hydrogen-bond acceptors (Lipinski definition) is 6. The summed E-state index contributed by atoms with van der Waals surface area (Å²) in [4.78, 5) is 9.58. The molecule has 36 heavy (non-hydrogen) atoms. The number of nitrogens with zero attached hydrogens (tertiary/aromatic N) is 4. The first-order chi connectivity index (χ1) is 17.6. The number of sulfonamides is 1. The molecule has 0 spiro atoms. The van der Waals surface area contributed by atoms with Crippen molar-refractivity contribution in [3.05, 3.63) is 66.3 Å². The molecular weight excluding hydrogens is 488 g/mol. The SMILES string of the molecule is O=S(=O)(c1cncc2ccccc12)N1CCCC[C@H]1CCN1CCN(c2cccc3sccc23)CC1. The van der Waals surface area contributed by atoms with Gasteiger partial charge in [0.25, 0.3) is 0 Å². The maximum absolute atomic E-state index is 13.8. The van der Waals surface area contributed by atoms with Crippen LogP contribution in [0, 0.1) is 0 Å². The van der Waals surface area contributed by atoms with E-state index in [9.17, 15) is 8.42 Å². The van der Waals surface area contributed by atoms with Crippen LogP contribution in [-0.2, 0) is 10.0 Å². The summed E-state index contributed by atoms with van der Waals surface area (Å²) in [5, 5.41) is 5.14. The van der Waals surface area contributed by atoms with Gasteiger partial charge in [0.1, 0.15) is 4.90 Å². The Hall–Kier alpha value is -2.52. The lowest BCUT2D eigenvalue weighted by atomic mass is 10.0. The maximum Gasteiger partial charge on any atom is 0.245 e. The molecule has 2 saturated heterocycles. The van der Waals surface area contributed by atoms with Crippen molar-refractivity contribution in [1.82, 2.24) is 14.2 Å². The molecule has 2 aliphatic heterocycles. The van der Waals surface area contributed by atoms with Gasteiger partial charge in [0.2, 0.25) is 10.0 Å². The van der Waals surface area contributed by atoms with Crippen LogP contribution in [0.25, 0.3) is 20.9 Å². The van der Waals surface area contributed by atoms with Crippen LogP contribution < -0.4 is 4.90 Å². The first kappa shape index (κ1) is 23.9. The first-order valence-corrected chi connectivity index (χ1v) is 15.2. The molecule has 0 N–H and O–H groups in total. The van der Waals surface area contributed by atoms with Crippen molar-refractivity contribution in [2.24, 2.45) is 0 Å². The number of pyridine rings is 1. The molecule has 2 aromatic heterocycles. The first-order valence-electron chi connectivity index (χ1n) is 12.9. The zero-order chi connectivity index (χ0) is 24.5. The summed E-state index contributed by atoms with van der Waals surface area (Å²) in [6, 6.07) is 16.5. The summed E-state index contributed by atoms with van der Waals surface area (Å²) in [6.07, 6.45) is 7.07. The molecule has 0 saturated carbocycles. The molecule has 188 valence electrons. The molecular formula is C28H32N4O2S2. The molecule has 0 amide bonds. The van der Waals surface area contributed by atoms with Crippen LogP contribution in [0.2, 0.25) is 0 Å². The minimum Gasteiger partial charge on any atom is -0.368 e. The fourth-order valence-electron chi connectivity index (χ4n) is 5.80. The Morgan fingerprint density at radius 3 is 2.64 bits per heavy atom. The van der Waals surface area contributed by atoms with Crippen molar-refractivity contribution in [3.8, 4) is 0 Å². The van der Waals surface area contributed by atoms with E-state index in [2.05, 4.69) is 44.4 Å². The van der Waals surface area contributed by atoms with Gasteiger partial charge in [0, 0.05) is 77.7 Å². The van der Waals surface area contributed by atoms with Gasteiger partial charge < -0.3 is 4.90 Å². The average Bonchev–Trinajstić information content (AvgIpc) is 3.41. The number of hydrogen-bond donors (Lipinski definition) is 0. The van der Waals surface area contributed by atoms with Gasteiger partial charge in [-0.15, -0.1) is 11.3 Å². The second-order valence-corrected chi connectivity index (χ2v) is 12.7. The molecule has 4 aromatic rings. The second kappa shape index (κ2) is 10.1. The number of anilines is 1. The zero-order valence-electron chi connectivity index (χ0n) is 20.4. The Kier molecular flexibility index (Phi) is 6.69. The number of thiophene rings is 1. The van der Waals surface area contributed by atoms with Gasteiger partial charge in [0.15, 0.2) is 0 Å². The van der Waals surface area contributed by atoms with Crippen LogP contribution >= 0.6 is 11.3 Å². The molecule has 0 aliphatic carbocycles. The summed E-state index contributed by atoms with van der Waals surface area (Å²) < 4.78 is 30.7. The number of fused-ring (bicyclic) bond motifs is 2. The van der Waals surface area contributed by atoms with Gasteiger partial charge in [-0.3, -0.25) is 9.88 Å². The molecule has 2 fully saturated rings. The van der Waals surface area contributed by atoms with E-state index in [1.165, 1.54) is 22.0 Å². The van der Waals surface area contributed by atoms with Crippen LogP contribution in [-0.4, -0.2) is 67.9 Å². The van der Waals surface area contributed by atoms with E-state index in [1.807, 2.05) is 24.3 Å². The summed E-state index contributed by atoms with van der Waals surface area (Å²) >= 11 is 1.80. The van der Waals surface area contributed by atoms with Gasteiger partial charge in [-0.2, -0.15) is 4.31 Å². The molecule has 1 atom stereocenters. The molecule has 2 aromatic carbocycles. The van der Waals surface area contributed by atoms with Crippen LogP contribution in [0.5, 0.6) is 0 Å². The smallest absolute Gasteiger partial charge is 0.245 e. The topological polar surface area (TPSA) is 56.8 Å². The largest absolute Gasteiger partial charge is 0.368 e. The Morgan fingerprint density at radius 2 is 1.75 bits per heavy atom. The maximum atomic E-state index is 13.8. The predicted octanol–water partition coefficient (Wildman–Crippen LogP) is 5.21. The molecule has 0 bridgehead atoms. The zero-order valence-corrected chi connectivity index (χ0v) is 22.1. The van der Waals surface area contributed by atoms with E-state index in [4.69, 9.17) is 0 Å². The number of benzene rings is 2. The third-order valence-electron chi connectivity index (χ3n) is 7.76. The van der Waals surface area contributed by atoms with Crippen molar-refractivity contribution in [3.63, 3.8) is 0 Å². The highest BCUT2D eigenvalue weighted by atomic mass is 32.2. The normalized spacial score (nSPS) is 20.3. The molecule has 8 heteroatoms. The quantitative estimate of drug-likeness (QED) is 0.350. The molecule has 4 heterocycles. The van der Waals surface area contributed by atoms with Gasteiger partial charge in [-0.1, -0.05) is 36.8 Å². The molecule has 6 rings (SSSR count). The average molecular weight is 521 g/mol.